The van der Waals surface area contributed by atoms with E-state index in [1.54, 1.807) is 43.6 Å². The van der Waals surface area contributed by atoms with E-state index in [0.29, 0.717) is 20.4 Å². The Morgan fingerprint density at radius 3 is 2.64 bits per heavy atom. The van der Waals surface area contributed by atoms with Gasteiger partial charge in [0.1, 0.15) is 5.75 Å². The van der Waals surface area contributed by atoms with Crippen LogP contribution in [-0.2, 0) is 4.79 Å². The Hall–Kier alpha value is -2.09. The van der Waals surface area contributed by atoms with Crippen molar-refractivity contribution in [3.05, 3.63) is 69.9 Å². The van der Waals surface area contributed by atoms with Gasteiger partial charge in [-0.2, -0.15) is 0 Å². The van der Waals surface area contributed by atoms with Crippen LogP contribution in [-0.4, -0.2) is 22.0 Å². The van der Waals surface area contributed by atoms with E-state index in [1.807, 2.05) is 25.1 Å². The summed E-state index contributed by atoms with van der Waals surface area (Å²) in [5.41, 5.74) is 1.67. The van der Waals surface area contributed by atoms with Gasteiger partial charge in [0.15, 0.2) is 11.3 Å². The lowest BCUT2D eigenvalue weighted by Crippen LogP contribution is -2.30. The zero-order valence-electron chi connectivity index (χ0n) is 15.1. The van der Waals surface area contributed by atoms with Gasteiger partial charge in [0, 0.05) is 28.0 Å². The highest BCUT2D eigenvalue weighted by Gasteiger charge is 2.17. The predicted molar refractivity (Wildman–Crippen MR) is 115 cm³/mol. The second kappa shape index (κ2) is 9.41. The Morgan fingerprint density at radius 1 is 1.21 bits per heavy atom. The third-order valence-electron chi connectivity index (χ3n) is 3.77. The average Bonchev–Trinajstić information content (AvgIpc) is 2.67. The van der Waals surface area contributed by atoms with Crippen molar-refractivity contribution in [3.63, 3.8) is 0 Å². The van der Waals surface area contributed by atoms with E-state index in [4.69, 9.17) is 16.3 Å². The molecule has 1 amide bonds. The number of nitrogens with zero attached hydrogens (tertiary/aromatic N) is 2. The molecule has 0 aliphatic carbocycles. The largest absolute Gasteiger partial charge is 0.480 e. The number of aromatic nitrogens is 2. The van der Waals surface area contributed by atoms with Gasteiger partial charge in [-0.25, -0.2) is 9.97 Å². The van der Waals surface area contributed by atoms with Crippen LogP contribution in [0.2, 0.25) is 5.02 Å². The summed E-state index contributed by atoms with van der Waals surface area (Å²) in [6, 6.07) is 12.7. The van der Waals surface area contributed by atoms with E-state index >= 15 is 0 Å². The summed E-state index contributed by atoms with van der Waals surface area (Å²) in [5.74, 6) is 0.315. The maximum atomic E-state index is 12.5. The molecule has 0 aliphatic rings. The molecule has 0 saturated heterocycles. The lowest BCUT2D eigenvalue weighted by molar-refractivity contribution is -0.122. The topological polar surface area (TPSA) is 64.1 Å². The van der Waals surface area contributed by atoms with Crippen molar-refractivity contribution >= 4 is 50.9 Å². The molecule has 0 fully saturated rings. The highest BCUT2D eigenvalue weighted by Crippen LogP contribution is 2.30. The van der Waals surface area contributed by atoms with Crippen LogP contribution < -0.4 is 10.1 Å². The van der Waals surface area contributed by atoms with Gasteiger partial charge < -0.3 is 10.1 Å². The van der Waals surface area contributed by atoms with Crippen LogP contribution in [0.1, 0.15) is 12.5 Å². The molecular formula is C20H17BrClN3O2S. The van der Waals surface area contributed by atoms with Crippen molar-refractivity contribution in [2.24, 2.45) is 0 Å². The van der Waals surface area contributed by atoms with Crippen LogP contribution in [0, 0.1) is 6.92 Å². The van der Waals surface area contributed by atoms with Gasteiger partial charge >= 0.3 is 0 Å². The number of halogens is 2. The minimum absolute atomic E-state index is 0.239. The number of carbonyl (C=O) groups excluding carboxylic acids is 1. The summed E-state index contributed by atoms with van der Waals surface area (Å²) >= 11 is 10.8. The second-order valence-corrected chi connectivity index (χ2v) is 8.27. The van der Waals surface area contributed by atoms with E-state index in [9.17, 15) is 4.79 Å². The van der Waals surface area contributed by atoms with Gasteiger partial charge in [-0.05, 0) is 89.6 Å². The fourth-order valence-corrected chi connectivity index (χ4v) is 3.92. The first-order chi connectivity index (χ1) is 13.4. The molecule has 0 saturated carbocycles. The molecule has 144 valence electrons. The van der Waals surface area contributed by atoms with Crippen molar-refractivity contribution in [1.82, 2.24) is 9.97 Å². The van der Waals surface area contributed by atoms with Crippen LogP contribution in [0.5, 0.6) is 5.75 Å². The molecule has 1 aromatic heterocycles. The number of anilines is 1. The molecule has 3 rings (SSSR count). The summed E-state index contributed by atoms with van der Waals surface area (Å²) in [4.78, 5) is 21.9. The minimum atomic E-state index is -0.677. The van der Waals surface area contributed by atoms with E-state index in [-0.39, 0.29) is 5.91 Å². The Bertz CT molecular complexity index is 988. The molecule has 2 aromatic carbocycles. The molecule has 1 atom stereocenters. The van der Waals surface area contributed by atoms with Crippen molar-refractivity contribution < 1.29 is 9.53 Å². The molecule has 0 bridgehead atoms. The number of aryl methyl sites for hydroxylation is 1. The fraction of sp³-hybridized carbons (Fsp3) is 0.150. The normalized spacial score (nSPS) is 11.7. The number of amides is 1. The highest BCUT2D eigenvalue weighted by atomic mass is 79.9. The van der Waals surface area contributed by atoms with Gasteiger partial charge in [0.25, 0.3) is 5.91 Å². The Morgan fingerprint density at radius 2 is 1.96 bits per heavy atom. The number of nitrogens with one attached hydrogen (secondary N) is 1. The molecule has 28 heavy (non-hydrogen) atoms. The van der Waals surface area contributed by atoms with Crippen LogP contribution in [0.4, 0.5) is 5.69 Å². The zero-order valence-corrected chi connectivity index (χ0v) is 18.3. The maximum absolute atomic E-state index is 12.5. The number of benzene rings is 2. The van der Waals surface area contributed by atoms with E-state index < -0.39 is 6.10 Å². The average molecular weight is 479 g/mol. The standard InChI is InChI=1S/C20H17BrClN3O2S/c1-12-10-15(28-20-23-8-3-9-24-20)5-6-17(12)25-19(26)13(2)27-18-7-4-14(22)11-16(18)21/h3-11,13H,1-2H3,(H,25,26). The number of rotatable bonds is 6. The Labute approximate surface area is 181 Å². The Balaban J connectivity index is 1.64. The molecule has 0 aliphatic heterocycles. The summed E-state index contributed by atoms with van der Waals surface area (Å²) < 4.78 is 6.43. The lowest BCUT2D eigenvalue weighted by atomic mass is 10.2. The maximum Gasteiger partial charge on any atom is 0.265 e. The molecule has 0 radical (unpaired) electrons. The minimum Gasteiger partial charge on any atom is -0.480 e. The third kappa shape index (κ3) is 5.47. The first-order valence-electron chi connectivity index (χ1n) is 8.40. The zero-order chi connectivity index (χ0) is 20.1. The van der Waals surface area contributed by atoms with Crippen LogP contribution in [0.25, 0.3) is 0 Å². The quantitative estimate of drug-likeness (QED) is 0.456. The van der Waals surface area contributed by atoms with Crippen LogP contribution in [0.15, 0.2) is 69.4 Å². The molecule has 1 unspecified atom stereocenters. The van der Waals surface area contributed by atoms with E-state index in [2.05, 4.69) is 31.2 Å². The van der Waals surface area contributed by atoms with Gasteiger partial charge in [-0.1, -0.05) is 11.6 Å². The van der Waals surface area contributed by atoms with Crippen LogP contribution in [0.3, 0.4) is 0 Å². The van der Waals surface area contributed by atoms with Crippen molar-refractivity contribution in [3.8, 4) is 5.75 Å². The molecule has 8 heteroatoms. The van der Waals surface area contributed by atoms with Crippen molar-refractivity contribution in [2.75, 3.05) is 5.32 Å². The monoisotopic (exact) mass is 477 g/mol. The lowest BCUT2D eigenvalue weighted by Gasteiger charge is -2.17. The Kier molecular flexibility index (Phi) is 6.93. The molecule has 1 heterocycles. The molecule has 1 N–H and O–H groups in total. The SMILES string of the molecule is Cc1cc(Sc2ncccn2)ccc1NC(=O)C(C)Oc1ccc(Cl)cc1Br. The number of ether oxygens (including phenoxy) is 1. The van der Waals surface area contributed by atoms with Gasteiger partial charge in [-0.15, -0.1) is 0 Å². The second-order valence-electron chi connectivity index (χ2n) is 5.93. The smallest absolute Gasteiger partial charge is 0.265 e. The van der Waals surface area contributed by atoms with Crippen LogP contribution >= 0.6 is 39.3 Å². The molecule has 3 aromatic rings. The van der Waals surface area contributed by atoms with Gasteiger partial charge in [0.2, 0.25) is 0 Å². The predicted octanol–water partition coefficient (Wildman–Crippen LogP) is 5.76. The van der Waals surface area contributed by atoms with E-state index in [0.717, 1.165) is 16.1 Å². The number of hydrogen-bond donors (Lipinski definition) is 1. The number of carbonyl (C=O) groups is 1. The van der Waals surface area contributed by atoms with E-state index in [1.165, 1.54) is 11.8 Å². The van der Waals surface area contributed by atoms with Gasteiger partial charge in [0.05, 0.1) is 4.47 Å². The fourth-order valence-electron chi connectivity index (χ4n) is 2.33. The first kappa shape index (κ1) is 20.6. The third-order valence-corrected chi connectivity index (χ3v) is 5.51. The van der Waals surface area contributed by atoms with Crippen molar-refractivity contribution in [1.29, 1.82) is 0 Å². The molecular weight excluding hydrogens is 462 g/mol. The highest BCUT2D eigenvalue weighted by molar-refractivity contribution is 9.10. The summed E-state index contributed by atoms with van der Waals surface area (Å²) in [7, 11) is 0. The summed E-state index contributed by atoms with van der Waals surface area (Å²) in [5, 5.41) is 4.17. The van der Waals surface area contributed by atoms with Gasteiger partial charge in [-0.3, -0.25) is 4.79 Å². The summed E-state index contributed by atoms with van der Waals surface area (Å²) in [6.07, 6.45) is 2.73. The first-order valence-corrected chi connectivity index (χ1v) is 10.4. The molecule has 5 nitrogen and oxygen atoms in total. The van der Waals surface area contributed by atoms with Crippen molar-refractivity contribution in [2.45, 2.75) is 30.0 Å². The molecule has 0 spiro atoms. The number of hydrogen-bond acceptors (Lipinski definition) is 5. The summed E-state index contributed by atoms with van der Waals surface area (Å²) in [6.45, 7) is 3.63.